The highest BCUT2D eigenvalue weighted by molar-refractivity contribution is 5.94. The molecule has 0 spiro atoms. The van der Waals surface area contributed by atoms with Crippen LogP contribution in [0.2, 0.25) is 0 Å². The molecule has 0 aliphatic heterocycles. The second kappa shape index (κ2) is 6.26. The molecule has 0 aromatic heterocycles. The molecule has 3 N–H and O–H groups in total. The van der Waals surface area contributed by atoms with Gasteiger partial charge in [-0.25, -0.2) is 4.39 Å². The van der Waals surface area contributed by atoms with Crippen LogP contribution in [0.5, 0.6) is 5.75 Å². The average molecular weight is 288 g/mol. The lowest BCUT2D eigenvalue weighted by Crippen LogP contribution is -2.26. The highest BCUT2D eigenvalue weighted by atomic mass is 19.1. The summed E-state index contributed by atoms with van der Waals surface area (Å²) in [7, 11) is 1.59. The molecule has 110 valence electrons. The van der Waals surface area contributed by atoms with Crippen LogP contribution in [0.25, 0.3) is 0 Å². The minimum Gasteiger partial charge on any atom is -0.497 e. The zero-order valence-corrected chi connectivity index (χ0v) is 11.9. The van der Waals surface area contributed by atoms with Crippen LogP contribution >= 0.6 is 0 Å². The molecule has 0 saturated carbocycles. The standard InChI is InChI=1S/C16H17FN2O2/c1-10(11-3-6-13(21-2)7-4-11)19-16(20)12-5-8-15(18)14(17)9-12/h3-10H,18H2,1-2H3,(H,19,20)/t10-/m0/s1. The topological polar surface area (TPSA) is 64.3 Å². The van der Waals surface area contributed by atoms with Gasteiger partial charge in [-0.15, -0.1) is 0 Å². The van der Waals surface area contributed by atoms with Gasteiger partial charge in [0, 0.05) is 5.56 Å². The largest absolute Gasteiger partial charge is 0.497 e. The first-order chi connectivity index (χ1) is 10.0. The molecule has 0 bridgehead atoms. The second-order valence-corrected chi connectivity index (χ2v) is 4.70. The van der Waals surface area contributed by atoms with Crippen LogP contribution in [0.1, 0.15) is 28.9 Å². The molecular formula is C16H17FN2O2. The molecule has 2 rings (SSSR count). The van der Waals surface area contributed by atoms with Crippen molar-refractivity contribution in [2.75, 3.05) is 12.8 Å². The summed E-state index contributed by atoms with van der Waals surface area (Å²) < 4.78 is 18.4. The summed E-state index contributed by atoms with van der Waals surface area (Å²) in [5, 5.41) is 2.81. The molecule has 0 saturated heterocycles. The van der Waals surface area contributed by atoms with Gasteiger partial charge in [-0.05, 0) is 42.8 Å². The summed E-state index contributed by atoms with van der Waals surface area (Å²) in [5.41, 5.74) is 6.58. The predicted molar refractivity (Wildman–Crippen MR) is 79.7 cm³/mol. The van der Waals surface area contributed by atoms with E-state index in [4.69, 9.17) is 10.5 Å². The van der Waals surface area contributed by atoms with Crippen LogP contribution in [-0.4, -0.2) is 13.0 Å². The minimum atomic E-state index is -0.597. The Kier molecular flexibility index (Phi) is 4.42. The third kappa shape index (κ3) is 3.51. The zero-order chi connectivity index (χ0) is 15.4. The van der Waals surface area contributed by atoms with Gasteiger partial charge in [0.15, 0.2) is 0 Å². The van der Waals surface area contributed by atoms with Gasteiger partial charge >= 0.3 is 0 Å². The number of carbonyl (C=O) groups is 1. The summed E-state index contributed by atoms with van der Waals surface area (Å²) in [5.74, 6) is -0.199. The lowest BCUT2D eigenvalue weighted by molar-refractivity contribution is 0.0939. The number of nitrogens with one attached hydrogen (secondary N) is 1. The Morgan fingerprint density at radius 2 is 1.90 bits per heavy atom. The Morgan fingerprint density at radius 3 is 2.48 bits per heavy atom. The van der Waals surface area contributed by atoms with Crippen LogP contribution in [0, 0.1) is 5.82 Å². The monoisotopic (exact) mass is 288 g/mol. The van der Waals surface area contributed by atoms with E-state index < -0.39 is 5.82 Å². The lowest BCUT2D eigenvalue weighted by Gasteiger charge is -2.15. The fraction of sp³-hybridized carbons (Fsp3) is 0.188. The maximum absolute atomic E-state index is 13.4. The molecule has 2 aromatic rings. The Morgan fingerprint density at radius 1 is 1.24 bits per heavy atom. The molecule has 0 fully saturated rings. The van der Waals surface area contributed by atoms with E-state index >= 15 is 0 Å². The van der Waals surface area contributed by atoms with Crippen LogP contribution in [0.4, 0.5) is 10.1 Å². The fourth-order valence-electron chi connectivity index (χ4n) is 1.92. The van der Waals surface area contributed by atoms with Crippen molar-refractivity contribution in [3.05, 3.63) is 59.4 Å². The Balaban J connectivity index is 2.08. The number of nitrogen functional groups attached to an aromatic ring is 1. The smallest absolute Gasteiger partial charge is 0.251 e. The summed E-state index contributed by atoms with van der Waals surface area (Å²) >= 11 is 0. The molecular weight excluding hydrogens is 271 g/mol. The van der Waals surface area contributed by atoms with Gasteiger partial charge in [-0.2, -0.15) is 0 Å². The summed E-state index contributed by atoms with van der Waals surface area (Å²) in [6, 6.07) is 11.2. The molecule has 21 heavy (non-hydrogen) atoms. The van der Waals surface area contributed by atoms with Crippen molar-refractivity contribution >= 4 is 11.6 Å². The molecule has 4 nitrogen and oxygen atoms in total. The number of hydrogen-bond donors (Lipinski definition) is 2. The van der Waals surface area contributed by atoms with Crippen LogP contribution < -0.4 is 15.8 Å². The van der Waals surface area contributed by atoms with E-state index in [2.05, 4.69) is 5.32 Å². The molecule has 2 aromatic carbocycles. The van der Waals surface area contributed by atoms with Crippen LogP contribution in [0.15, 0.2) is 42.5 Å². The molecule has 0 aliphatic rings. The van der Waals surface area contributed by atoms with Crippen molar-refractivity contribution in [1.82, 2.24) is 5.32 Å². The van der Waals surface area contributed by atoms with Crippen LogP contribution in [0.3, 0.4) is 0 Å². The van der Waals surface area contributed by atoms with Crippen molar-refractivity contribution in [2.24, 2.45) is 0 Å². The first kappa shape index (κ1) is 14.8. The molecule has 0 radical (unpaired) electrons. The maximum Gasteiger partial charge on any atom is 0.251 e. The maximum atomic E-state index is 13.4. The van der Waals surface area contributed by atoms with Crippen molar-refractivity contribution < 1.29 is 13.9 Å². The van der Waals surface area contributed by atoms with Crippen LogP contribution in [-0.2, 0) is 0 Å². The second-order valence-electron chi connectivity index (χ2n) is 4.70. The molecule has 5 heteroatoms. The van der Waals surface area contributed by atoms with E-state index in [9.17, 15) is 9.18 Å². The van der Waals surface area contributed by atoms with Gasteiger partial charge in [0.05, 0.1) is 18.8 Å². The number of carbonyl (C=O) groups excluding carboxylic acids is 1. The van der Waals surface area contributed by atoms with Crippen molar-refractivity contribution in [3.8, 4) is 5.75 Å². The van der Waals surface area contributed by atoms with E-state index in [0.29, 0.717) is 0 Å². The Labute approximate surface area is 122 Å². The highest BCUT2D eigenvalue weighted by Crippen LogP contribution is 2.18. The van der Waals surface area contributed by atoms with E-state index in [0.717, 1.165) is 17.4 Å². The van der Waals surface area contributed by atoms with Crippen molar-refractivity contribution in [2.45, 2.75) is 13.0 Å². The molecule has 1 amide bonds. The third-order valence-corrected chi connectivity index (χ3v) is 3.23. The first-order valence-corrected chi connectivity index (χ1v) is 6.51. The molecule has 0 heterocycles. The fourth-order valence-corrected chi connectivity index (χ4v) is 1.92. The average Bonchev–Trinajstić information content (AvgIpc) is 2.50. The molecule has 0 aliphatic carbocycles. The number of methoxy groups -OCH3 is 1. The van der Waals surface area contributed by atoms with E-state index in [-0.39, 0.29) is 23.2 Å². The number of amides is 1. The van der Waals surface area contributed by atoms with Crippen molar-refractivity contribution in [3.63, 3.8) is 0 Å². The number of hydrogen-bond acceptors (Lipinski definition) is 3. The number of benzene rings is 2. The van der Waals surface area contributed by atoms with Gasteiger partial charge in [-0.1, -0.05) is 12.1 Å². The SMILES string of the molecule is COc1ccc([C@H](C)NC(=O)c2ccc(N)c(F)c2)cc1. The number of anilines is 1. The third-order valence-electron chi connectivity index (χ3n) is 3.23. The summed E-state index contributed by atoms with van der Waals surface area (Å²) in [4.78, 5) is 12.1. The number of ether oxygens (including phenoxy) is 1. The normalized spacial score (nSPS) is 11.8. The number of rotatable bonds is 4. The van der Waals surface area contributed by atoms with Gasteiger partial charge in [0.2, 0.25) is 0 Å². The minimum absolute atomic E-state index is 0.0229. The van der Waals surface area contributed by atoms with Gasteiger partial charge in [0.1, 0.15) is 11.6 Å². The van der Waals surface area contributed by atoms with Crippen molar-refractivity contribution in [1.29, 1.82) is 0 Å². The zero-order valence-electron chi connectivity index (χ0n) is 11.9. The number of nitrogens with two attached hydrogens (primary N) is 1. The summed E-state index contributed by atoms with van der Waals surface area (Å²) in [6.07, 6.45) is 0. The van der Waals surface area contributed by atoms with E-state index in [1.54, 1.807) is 7.11 Å². The van der Waals surface area contributed by atoms with Gasteiger partial charge in [0.25, 0.3) is 5.91 Å². The number of halogens is 1. The Bertz CT molecular complexity index is 641. The van der Waals surface area contributed by atoms with E-state index in [1.807, 2.05) is 31.2 Å². The predicted octanol–water partition coefficient (Wildman–Crippen LogP) is 2.91. The quantitative estimate of drug-likeness (QED) is 0.850. The Hall–Kier alpha value is -2.56. The summed E-state index contributed by atoms with van der Waals surface area (Å²) in [6.45, 7) is 1.85. The first-order valence-electron chi connectivity index (χ1n) is 6.51. The molecule has 1 atom stereocenters. The van der Waals surface area contributed by atoms with Gasteiger partial charge in [-0.3, -0.25) is 4.79 Å². The van der Waals surface area contributed by atoms with Gasteiger partial charge < -0.3 is 15.8 Å². The molecule has 0 unspecified atom stereocenters. The van der Waals surface area contributed by atoms with E-state index in [1.165, 1.54) is 12.1 Å². The lowest BCUT2D eigenvalue weighted by atomic mass is 10.1. The highest BCUT2D eigenvalue weighted by Gasteiger charge is 2.13.